The van der Waals surface area contributed by atoms with Crippen LogP contribution in [0.2, 0.25) is 0 Å². The van der Waals surface area contributed by atoms with Gasteiger partial charge in [-0.2, -0.15) is 0 Å². The van der Waals surface area contributed by atoms with Crippen molar-refractivity contribution in [2.75, 3.05) is 14.1 Å². The second-order valence-corrected chi connectivity index (χ2v) is 12.5. The molecule has 0 saturated carbocycles. The Morgan fingerprint density at radius 3 is 1.71 bits per heavy atom. The number of carboxylic acid groups (broad SMARTS) is 3. The van der Waals surface area contributed by atoms with E-state index < -0.39 is 105 Å². The van der Waals surface area contributed by atoms with Gasteiger partial charge in [-0.25, -0.2) is 9.36 Å². The zero-order valence-corrected chi connectivity index (χ0v) is 27.8. The molecule has 0 fully saturated rings. The van der Waals surface area contributed by atoms with Crippen molar-refractivity contribution in [3.05, 3.63) is 29.8 Å². The van der Waals surface area contributed by atoms with Crippen molar-refractivity contribution < 1.29 is 67.8 Å². The molecule has 1 aromatic rings. The minimum atomic E-state index is -4.83. The average Bonchev–Trinajstić information content (AvgIpc) is 2.98. The number of phosphoric acid groups is 1. The zero-order chi connectivity index (χ0) is 36.8. The third-order valence-corrected chi connectivity index (χ3v) is 7.71. The normalized spacial score (nSPS) is 14.3. The van der Waals surface area contributed by atoms with Crippen molar-refractivity contribution in [2.24, 2.45) is 11.8 Å². The van der Waals surface area contributed by atoms with Gasteiger partial charge < -0.3 is 40.7 Å². The van der Waals surface area contributed by atoms with Gasteiger partial charge in [0.25, 0.3) is 0 Å². The van der Waals surface area contributed by atoms with Gasteiger partial charge in [-0.05, 0) is 42.9 Å². The van der Waals surface area contributed by atoms with Crippen LogP contribution < -0.4 is 20.5 Å². The van der Waals surface area contributed by atoms with Crippen LogP contribution in [0.3, 0.4) is 0 Å². The highest BCUT2D eigenvalue weighted by molar-refractivity contribution is 7.46. The number of carboxylic acids is 3. The SMILES string of the molecule is CCC(C)[C@H](NC(=O)[C@H](CCC(=O)O)NC(=O)[C@H](CCC(=O)O)NC(=O)[C@@H](CC(=O)N(C)C)Cc1ccc(OP(=O)(O)O)cc1)C(=O)O. The van der Waals surface area contributed by atoms with Crippen LogP contribution in [0, 0.1) is 11.8 Å². The maximum absolute atomic E-state index is 13.5. The molecule has 1 rings (SSSR count). The second-order valence-electron chi connectivity index (χ2n) is 11.3. The summed E-state index contributed by atoms with van der Waals surface area (Å²) in [5.74, 6) is -9.18. The number of nitrogens with one attached hydrogen (secondary N) is 3. The number of rotatable bonds is 21. The standard InChI is InChI=1S/C29H43N4O14P/c1-5-16(2)25(29(42)43)32-28(41)21(11-13-24(37)38)31-27(40)20(10-12-23(35)36)30-26(39)18(15-22(34)33(3)4)14-17-6-8-19(9-7-17)47-48(44,45)46/h6-9,16,18,20-21,25H,5,10-15H2,1-4H3,(H,30,39)(H,31,40)(H,32,41)(H,35,36)(H,37,38)(H,42,43)(H2,44,45,46)/t16?,18-,20+,21+,25+/m1/s1. The van der Waals surface area contributed by atoms with Crippen LogP contribution in [-0.2, 0) is 44.5 Å². The van der Waals surface area contributed by atoms with Gasteiger partial charge in [0.05, 0.1) is 5.92 Å². The molecule has 0 radical (unpaired) electrons. The number of amides is 4. The van der Waals surface area contributed by atoms with Crippen LogP contribution in [0.4, 0.5) is 0 Å². The molecule has 4 amide bonds. The number of phosphoric ester groups is 1. The van der Waals surface area contributed by atoms with Gasteiger partial charge in [-0.15, -0.1) is 0 Å². The monoisotopic (exact) mass is 702 g/mol. The fourth-order valence-electron chi connectivity index (χ4n) is 4.33. The first-order valence-electron chi connectivity index (χ1n) is 14.9. The van der Waals surface area contributed by atoms with E-state index in [1.54, 1.807) is 13.8 Å². The van der Waals surface area contributed by atoms with E-state index in [1.165, 1.54) is 43.3 Å². The molecule has 0 aliphatic carbocycles. The minimum absolute atomic E-state index is 0.106. The maximum Gasteiger partial charge on any atom is 0.524 e. The van der Waals surface area contributed by atoms with Gasteiger partial charge in [-0.1, -0.05) is 32.4 Å². The zero-order valence-electron chi connectivity index (χ0n) is 27.0. The van der Waals surface area contributed by atoms with Crippen molar-refractivity contribution in [3.8, 4) is 5.75 Å². The molecule has 0 aromatic heterocycles. The summed E-state index contributed by atoms with van der Waals surface area (Å²) in [6.07, 6.45) is -2.22. The molecule has 0 heterocycles. The number of nitrogens with zero attached hydrogens (tertiary/aromatic N) is 1. The summed E-state index contributed by atoms with van der Waals surface area (Å²) in [6, 6.07) is 0.766. The highest BCUT2D eigenvalue weighted by Gasteiger charge is 2.33. The molecule has 268 valence electrons. The van der Waals surface area contributed by atoms with Crippen molar-refractivity contribution >= 4 is 49.4 Å². The minimum Gasteiger partial charge on any atom is -0.481 e. The van der Waals surface area contributed by atoms with Crippen molar-refractivity contribution in [1.82, 2.24) is 20.9 Å². The van der Waals surface area contributed by atoms with Crippen molar-refractivity contribution in [1.29, 1.82) is 0 Å². The van der Waals surface area contributed by atoms with E-state index in [0.717, 1.165) is 0 Å². The predicted octanol–water partition coefficient (Wildman–Crippen LogP) is 0.110. The van der Waals surface area contributed by atoms with Gasteiger partial charge in [0.15, 0.2) is 0 Å². The summed E-state index contributed by atoms with van der Waals surface area (Å²) in [5.41, 5.74) is 0.436. The lowest BCUT2D eigenvalue weighted by Crippen LogP contribution is -2.57. The number of carbonyl (C=O) groups is 7. The van der Waals surface area contributed by atoms with E-state index in [1.807, 2.05) is 0 Å². The summed E-state index contributed by atoms with van der Waals surface area (Å²) >= 11 is 0. The van der Waals surface area contributed by atoms with Gasteiger partial charge in [0.1, 0.15) is 23.9 Å². The molecule has 19 heteroatoms. The molecule has 5 atom stereocenters. The Balaban J connectivity index is 3.32. The highest BCUT2D eigenvalue weighted by atomic mass is 31.2. The van der Waals surface area contributed by atoms with Gasteiger partial charge in [0, 0.05) is 33.4 Å². The van der Waals surface area contributed by atoms with E-state index in [-0.39, 0.29) is 18.6 Å². The van der Waals surface area contributed by atoms with Crippen LogP contribution in [0.25, 0.3) is 0 Å². The van der Waals surface area contributed by atoms with Crippen LogP contribution >= 0.6 is 7.82 Å². The molecule has 18 nitrogen and oxygen atoms in total. The average molecular weight is 703 g/mol. The lowest BCUT2D eigenvalue weighted by molar-refractivity contribution is -0.144. The second kappa shape index (κ2) is 19.3. The third-order valence-electron chi connectivity index (χ3n) is 7.26. The molecule has 0 saturated heterocycles. The maximum atomic E-state index is 13.5. The Hall–Kier alpha value is -4.54. The molecular formula is C29H43N4O14P. The molecular weight excluding hydrogens is 659 g/mol. The Morgan fingerprint density at radius 1 is 0.812 bits per heavy atom. The Labute approximate surface area is 276 Å². The largest absolute Gasteiger partial charge is 0.524 e. The van der Waals surface area contributed by atoms with E-state index in [4.69, 9.17) is 9.79 Å². The molecule has 0 aliphatic rings. The van der Waals surface area contributed by atoms with Crippen molar-refractivity contribution in [3.63, 3.8) is 0 Å². The third kappa shape index (κ3) is 15.4. The smallest absolute Gasteiger partial charge is 0.481 e. The van der Waals surface area contributed by atoms with E-state index in [2.05, 4.69) is 20.5 Å². The number of hydrogen-bond acceptors (Lipinski definition) is 9. The molecule has 48 heavy (non-hydrogen) atoms. The fraction of sp³-hybridized carbons (Fsp3) is 0.552. The van der Waals surface area contributed by atoms with Crippen LogP contribution in [-0.4, -0.2) is 104 Å². The molecule has 1 aromatic carbocycles. The first-order chi connectivity index (χ1) is 22.2. The lowest BCUT2D eigenvalue weighted by atomic mass is 9.94. The number of benzene rings is 1. The van der Waals surface area contributed by atoms with Gasteiger partial charge >= 0.3 is 25.7 Å². The predicted molar refractivity (Wildman–Crippen MR) is 166 cm³/mol. The van der Waals surface area contributed by atoms with Crippen LogP contribution in [0.5, 0.6) is 5.75 Å². The van der Waals surface area contributed by atoms with Crippen molar-refractivity contribution in [2.45, 2.75) is 76.9 Å². The summed E-state index contributed by atoms with van der Waals surface area (Å²) in [4.78, 5) is 106. The molecule has 1 unspecified atom stereocenters. The van der Waals surface area contributed by atoms with E-state index in [0.29, 0.717) is 12.0 Å². The fourth-order valence-corrected chi connectivity index (χ4v) is 4.73. The van der Waals surface area contributed by atoms with E-state index >= 15 is 0 Å². The van der Waals surface area contributed by atoms with Gasteiger partial charge in [0.2, 0.25) is 23.6 Å². The Bertz CT molecular complexity index is 1360. The van der Waals surface area contributed by atoms with Crippen LogP contribution in [0.1, 0.15) is 57.9 Å². The Morgan fingerprint density at radius 2 is 1.29 bits per heavy atom. The molecule has 0 spiro atoms. The number of aliphatic carboxylic acids is 3. The summed E-state index contributed by atoms with van der Waals surface area (Å²) in [5, 5.41) is 35.0. The van der Waals surface area contributed by atoms with Gasteiger partial charge in [-0.3, -0.25) is 38.6 Å². The Kier molecular flexibility index (Phi) is 16.7. The number of hydrogen-bond donors (Lipinski definition) is 8. The molecule has 8 N–H and O–H groups in total. The first kappa shape index (κ1) is 41.5. The highest BCUT2D eigenvalue weighted by Crippen LogP contribution is 2.37. The first-order valence-corrected chi connectivity index (χ1v) is 16.4. The topological polar surface area (TPSA) is 286 Å². The number of carbonyl (C=O) groups excluding carboxylic acids is 4. The quantitative estimate of drug-likeness (QED) is 0.0790. The summed E-state index contributed by atoms with van der Waals surface area (Å²) in [6.45, 7) is 3.27. The summed E-state index contributed by atoms with van der Waals surface area (Å²) in [7, 11) is -1.93. The molecule has 0 bridgehead atoms. The summed E-state index contributed by atoms with van der Waals surface area (Å²) < 4.78 is 15.6. The van der Waals surface area contributed by atoms with Crippen LogP contribution in [0.15, 0.2) is 24.3 Å². The lowest BCUT2D eigenvalue weighted by Gasteiger charge is -2.27. The van der Waals surface area contributed by atoms with E-state index in [9.17, 15) is 53.4 Å². The molecule has 0 aliphatic heterocycles.